The van der Waals surface area contributed by atoms with Crippen LogP contribution in [0.5, 0.6) is 5.75 Å². The van der Waals surface area contributed by atoms with Crippen LogP contribution >= 0.6 is 0 Å². The fraction of sp³-hybridized carbons (Fsp3) is 0.320. The molecule has 0 bridgehead atoms. The van der Waals surface area contributed by atoms with Crippen LogP contribution in [0.1, 0.15) is 33.6 Å². The van der Waals surface area contributed by atoms with E-state index in [1.54, 1.807) is 10.7 Å². The summed E-state index contributed by atoms with van der Waals surface area (Å²) in [5.41, 5.74) is 5.23. The number of esters is 1. The average Bonchev–Trinajstić information content (AvgIpc) is 3.40. The number of benzene rings is 2. The van der Waals surface area contributed by atoms with E-state index in [2.05, 4.69) is 16.5 Å². The van der Waals surface area contributed by atoms with Crippen LogP contribution in [0.2, 0.25) is 0 Å². The van der Waals surface area contributed by atoms with Crippen molar-refractivity contribution in [1.29, 1.82) is 0 Å². The van der Waals surface area contributed by atoms with Crippen LogP contribution in [-0.4, -0.2) is 41.4 Å². The first-order valence-corrected chi connectivity index (χ1v) is 10.7. The minimum absolute atomic E-state index is 0.0369. The van der Waals surface area contributed by atoms with E-state index in [1.807, 2.05) is 50.4 Å². The molecule has 1 aliphatic rings. The number of amides is 1. The number of rotatable bonds is 7. The zero-order valence-corrected chi connectivity index (χ0v) is 18.6. The second-order valence-corrected chi connectivity index (χ2v) is 8.06. The van der Waals surface area contributed by atoms with E-state index in [4.69, 9.17) is 9.47 Å². The highest BCUT2D eigenvalue weighted by Crippen LogP contribution is 2.41. The molecule has 1 atom stereocenters. The summed E-state index contributed by atoms with van der Waals surface area (Å²) in [6, 6.07) is 13.4. The van der Waals surface area contributed by atoms with E-state index in [0.29, 0.717) is 31.5 Å². The van der Waals surface area contributed by atoms with Crippen molar-refractivity contribution in [2.45, 2.75) is 39.3 Å². The summed E-state index contributed by atoms with van der Waals surface area (Å²) in [6.45, 7) is 4.91. The number of hydrogen-bond acceptors (Lipinski definition) is 5. The first-order chi connectivity index (χ1) is 15.4. The van der Waals surface area contributed by atoms with Gasteiger partial charge in [-0.2, -0.15) is 5.10 Å². The quantitative estimate of drug-likeness (QED) is 0.577. The number of aromatic nitrogens is 2. The lowest BCUT2D eigenvalue weighted by Crippen LogP contribution is -2.34. The smallest absolute Gasteiger partial charge is 0.338 e. The number of fused-ring (bicyclic) bond motifs is 1. The van der Waals surface area contributed by atoms with Crippen molar-refractivity contribution < 1.29 is 19.1 Å². The minimum Gasteiger partial charge on any atom is -0.487 e. The van der Waals surface area contributed by atoms with E-state index in [9.17, 15) is 9.59 Å². The van der Waals surface area contributed by atoms with Crippen molar-refractivity contribution in [2.24, 2.45) is 0 Å². The van der Waals surface area contributed by atoms with E-state index in [0.717, 1.165) is 33.7 Å². The standard InChI is InChI=1S/C25H27N3O4/c1-16-12-18-14-19(15-26-23(29)9-11-28-10-8-17(2)27-28)32-24(18)22(13-16)20-6-4-5-7-21(20)25(30)31-3/h4-8,10,12-13,19H,9,11,14-15H2,1-3H3,(H,26,29). The molecular formula is C25H27N3O4. The van der Waals surface area contributed by atoms with Crippen LogP contribution in [0.4, 0.5) is 0 Å². The van der Waals surface area contributed by atoms with Crippen molar-refractivity contribution >= 4 is 11.9 Å². The normalized spacial score (nSPS) is 14.5. The number of nitrogens with one attached hydrogen (secondary N) is 1. The maximum atomic E-state index is 12.3. The Kier molecular flexibility index (Phi) is 6.25. The van der Waals surface area contributed by atoms with Crippen LogP contribution in [0.3, 0.4) is 0 Å². The molecule has 32 heavy (non-hydrogen) atoms. The molecule has 2 heterocycles. The fourth-order valence-electron chi connectivity index (χ4n) is 4.03. The molecule has 0 radical (unpaired) electrons. The van der Waals surface area contributed by atoms with Gasteiger partial charge in [-0.25, -0.2) is 4.79 Å². The summed E-state index contributed by atoms with van der Waals surface area (Å²) in [5.74, 6) is 0.341. The SMILES string of the molecule is COC(=O)c1ccccc1-c1cc(C)cc2c1OC(CNC(=O)CCn1ccc(C)n1)C2. The van der Waals surface area contributed by atoms with Gasteiger partial charge in [-0.05, 0) is 48.7 Å². The predicted molar refractivity (Wildman–Crippen MR) is 121 cm³/mol. The second kappa shape index (κ2) is 9.26. The van der Waals surface area contributed by atoms with Gasteiger partial charge < -0.3 is 14.8 Å². The number of hydrogen-bond donors (Lipinski definition) is 1. The summed E-state index contributed by atoms with van der Waals surface area (Å²) in [4.78, 5) is 24.6. The van der Waals surface area contributed by atoms with Gasteiger partial charge in [0.2, 0.25) is 5.91 Å². The second-order valence-electron chi connectivity index (χ2n) is 8.06. The molecule has 1 aromatic heterocycles. The Bertz CT molecular complexity index is 1150. The minimum atomic E-state index is -0.384. The summed E-state index contributed by atoms with van der Waals surface area (Å²) in [6.07, 6.45) is 2.77. The van der Waals surface area contributed by atoms with Crippen molar-refractivity contribution in [3.8, 4) is 16.9 Å². The number of carbonyl (C=O) groups excluding carboxylic acids is 2. The number of methoxy groups -OCH3 is 1. The summed E-state index contributed by atoms with van der Waals surface area (Å²) < 4.78 is 13.0. The molecule has 0 saturated heterocycles. The Hall–Kier alpha value is -3.61. The Balaban J connectivity index is 1.45. The molecule has 3 aromatic rings. The van der Waals surface area contributed by atoms with Crippen LogP contribution in [0.25, 0.3) is 11.1 Å². The Morgan fingerprint density at radius 2 is 2.00 bits per heavy atom. The zero-order valence-electron chi connectivity index (χ0n) is 18.6. The molecule has 0 spiro atoms. The maximum Gasteiger partial charge on any atom is 0.338 e. The lowest BCUT2D eigenvalue weighted by molar-refractivity contribution is -0.121. The van der Waals surface area contributed by atoms with E-state index in [-0.39, 0.29) is 18.0 Å². The van der Waals surface area contributed by atoms with Crippen molar-refractivity contribution in [3.05, 3.63) is 71.0 Å². The number of ether oxygens (including phenoxy) is 2. The third-order valence-corrected chi connectivity index (χ3v) is 5.53. The predicted octanol–water partition coefficient (Wildman–Crippen LogP) is 3.46. The average molecular weight is 434 g/mol. The molecule has 1 N–H and O–H groups in total. The van der Waals surface area contributed by atoms with E-state index >= 15 is 0 Å². The van der Waals surface area contributed by atoms with Gasteiger partial charge in [-0.3, -0.25) is 9.48 Å². The third-order valence-electron chi connectivity index (χ3n) is 5.53. The summed E-state index contributed by atoms with van der Waals surface area (Å²) in [7, 11) is 1.38. The molecule has 1 unspecified atom stereocenters. The van der Waals surface area contributed by atoms with E-state index < -0.39 is 0 Å². The van der Waals surface area contributed by atoms with Crippen LogP contribution < -0.4 is 10.1 Å². The Morgan fingerprint density at radius 3 is 2.75 bits per heavy atom. The molecular weight excluding hydrogens is 406 g/mol. The monoisotopic (exact) mass is 433 g/mol. The molecule has 7 heteroatoms. The van der Waals surface area contributed by atoms with Crippen molar-refractivity contribution in [2.75, 3.05) is 13.7 Å². The number of aryl methyl sites for hydroxylation is 3. The molecule has 1 aliphatic heterocycles. The Morgan fingerprint density at radius 1 is 1.19 bits per heavy atom. The topological polar surface area (TPSA) is 82.5 Å². The van der Waals surface area contributed by atoms with Crippen molar-refractivity contribution in [1.82, 2.24) is 15.1 Å². The maximum absolute atomic E-state index is 12.3. The summed E-state index contributed by atoms with van der Waals surface area (Å²) >= 11 is 0. The molecule has 4 rings (SSSR count). The van der Waals surface area contributed by atoms with Crippen LogP contribution in [-0.2, 0) is 22.5 Å². The van der Waals surface area contributed by atoms with Crippen LogP contribution in [0, 0.1) is 13.8 Å². The molecule has 166 valence electrons. The molecule has 0 fully saturated rings. The first-order valence-electron chi connectivity index (χ1n) is 10.7. The molecule has 1 amide bonds. The zero-order chi connectivity index (χ0) is 22.7. The first kappa shape index (κ1) is 21.6. The van der Waals surface area contributed by atoms with Gasteiger partial charge in [0.05, 0.1) is 24.9 Å². The molecule has 7 nitrogen and oxygen atoms in total. The van der Waals surface area contributed by atoms with Crippen LogP contribution in [0.15, 0.2) is 48.7 Å². The fourth-order valence-corrected chi connectivity index (χ4v) is 4.03. The highest BCUT2D eigenvalue weighted by molar-refractivity contribution is 5.98. The lowest BCUT2D eigenvalue weighted by Gasteiger charge is -2.15. The number of nitrogens with zero attached hydrogens (tertiary/aromatic N) is 2. The molecule has 0 aliphatic carbocycles. The van der Waals surface area contributed by atoms with E-state index in [1.165, 1.54) is 7.11 Å². The van der Waals surface area contributed by atoms with Gasteiger partial charge >= 0.3 is 5.97 Å². The highest BCUT2D eigenvalue weighted by atomic mass is 16.5. The van der Waals surface area contributed by atoms with Gasteiger partial charge in [0.1, 0.15) is 11.9 Å². The Labute approximate surface area is 187 Å². The van der Waals surface area contributed by atoms with Gasteiger partial charge in [0.15, 0.2) is 0 Å². The van der Waals surface area contributed by atoms with Gasteiger partial charge in [-0.15, -0.1) is 0 Å². The number of carbonyl (C=O) groups is 2. The van der Waals surface area contributed by atoms with Gasteiger partial charge in [0, 0.05) is 31.1 Å². The largest absolute Gasteiger partial charge is 0.487 e. The molecule has 0 saturated carbocycles. The van der Waals surface area contributed by atoms with Gasteiger partial charge in [-0.1, -0.05) is 24.3 Å². The molecule has 2 aromatic carbocycles. The third kappa shape index (κ3) is 4.66. The highest BCUT2D eigenvalue weighted by Gasteiger charge is 2.28. The van der Waals surface area contributed by atoms with Gasteiger partial charge in [0.25, 0.3) is 0 Å². The van der Waals surface area contributed by atoms with Crippen molar-refractivity contribution in [3.63, 3.8) is 0 Å². The summed E-state index contributed by atoms with van der Waals surface area (Å²) in [5, 5.41) is 7.27. The lowest BCUT2D eigenvalue weighted by atomic mass is 9.94.